The third-order valence-electron chi connectivity index (χ3n) is 2.65. The summed E-state index contributed by atoms with van der Waals surface area (Å²) in [7, 11) is 0. The minimum atomic E-state index is -0.738. The number of aromatic hydroxyl groups is 1. The van der Waals surface area contributed by atoms with Crippen LogP contribution in [0.3, 0.4) is 0 Å². The van der Waals surface area contributed by atoms with Gasteiger partial charge in [0.2, 0.25) is 0 Å². The topological polar surface area (TPSA) is 69.6 Å². The van der Waals surface area contributed by atoms with Gasteiger partial charge in [0.15, 0.2) is 0 Å². The lowest BCUT2D eigenvalue weighted by Gasteiger charge is -2.17. The first kappa shape index (κ1) is 14.0. The van der Waals surface area contributed by atoms with E-state index in [2.05, 4.69) is 5.32 Å². The number of aryl methyl sites for hydroxylation is 1. The van der Waals surface area contributed by atoms with Gasteiger partial charge >= 0.3 is 11.8 Å². The molecule has 1 aromatic carbocycles. The van der Waals surface area contributed by atoms with Gasteiger partial charge < -0.3 is 15.3 Å². The number of carbonyl (C=O) groups excluding carboxylic acids is 2. The molecule has 0 fully saturated rings. The van der Waals surface area contributed by atoms with Crippen molar-refractivity contribution in [2.45, 2.75) is 20.8 Å². The summed E-state index contributed by atoms with van der Waals surface area (Å²) in [5.74, 6) is -1.38. The molecule has 5 nitrogen and oxygen atoms in total. The second-order valence-electron chi connectivity index (χ2n) is 3.95. The summed E-state index contributed by atoms with van der Waals surface area (Å²) in [5, 5.41) is 12.0. The van der Waals surface area contributed by atoms with Crippen LogP contribution in [0.25, 0.3) is 0 Å². The fourth-order valence-electron chi connectivity index (χ4n) is 1.58. The molecule has 0 aliphatic rings. The van der Waals surface area contributed by atoms with Crippen molar-refractivity contribution in [2.24, 2.45) is 0 Å². The lowest BCUT2D eigenvalue weighted by molar-refractivity contribution is -0.142. The molecule has 0 unspecified atom stereocenters. The van der Waals surface area contributed by atoms with E-state index in [4.69, 9.17) is 0 Å². The summed E-state index contributed by atoms with van der Waals surface area (Å²) in [6.07, 6.45) is 0. The predicted octanol–water partition coefficient (Wildman–Crippen LogP) is 1.51. The Labute approximate surface area is 106 Å². The molecule has 18 heavy (non-hydrogen) atoms. The van der Waals surface area contributed by atoms with E-state index < -0.39 is 11.8 Å². The molecular formula is C13H18N2O3. The molecule has 0 heterocycles. The van der Waals surface area contributed by atoms with Crippen LogP contribution in [0.5, 0.6) is 5.75 Å². The van der Waals surface area contributed by atoms with E-state index >= 15 is 0 Å². The predicted molar refractivity (Wildman–Crippen MR) is 69.4 cm³/mol. The largest absolute Gasteiger partial charge is 0.506 e. The van der Waals surface area contributed by atoms with Crippen LogP contribution in [-0.2, 0) is 9.59 Å². The van der Waals surface area contributed by atoms with Gasteiger partial charge in [0.25, 0.3) is 0 Å². The zero-order valence-corrected chi connectivity index (χ0v) is 10.9. The third-order valence-corrected chi connectivity index (χ3v) is 2.65. The van der Waals surface area contributed by atoms with Crippen molar-refractivity contribution in [3.63, 3.8) is 0 Å². The van der Waals surface area contributed by atoms with E-state index in [1.807, 2.05) is 6.92 Å². The lowest BCUT2D eigenvalue weighted by Crippen LogP contribution is -2.39. The monoisotopic (exact) mass is 250 g/mol. The third kappa shape index (κ3) is 3.23. The SMILES string of the molecule is CCN(CC)C(=O)C(=O)Nc1ccc(C)cc1O. The highest BCUT2D eigenvalue weighted by molar-refractivity contribution is 6.39. The van der Waals surface area contributed by atoms with E-state index in [1.165, 1.54) is 11.0 Å². The van der Waals surface area contributed by atoms with E-state index in [1.54, 1.807) is 26.0 Å². The normalized spacial score (nSPS) is 9.94. The second-order valence-corrected chi connectivity index (χ2v) is 3.95. The van der Waals surface area contributed by atoms with Gasteiger partial charge in [-0.1, -0.05) is 6.07 Å². The minimum Gasteiger partial charge on any atom is -0.506 e. The van der Waals surface area contributed by atoms with Crippen LogP contribution in [0.4, 0.5) is 5.69 Å². The van der Waals surface area contributed by atoms with Crippen molar-refractivity contribution in [1.29, 1.82) is 0 Å². The molecule has 5 heteroatoms. The molecule has 2 amide bonds. The van der Waals surface area contributed by atoms with E-state index in [0.29, 0.717) is 13.1 Å². The summed E-state index contributed by atoms with van der Waals surface area (Å²) >= 11 is 0. The van der Waals surface area contributed by atoms with Crippen LogP contribution in [0.15, 0.2) is 18.2 Å². The van der Waals surface area contributed by atoms with Crippen molar-refractivity contribution in [1.82, 2.24) is 4.90 Å². The minimum absolute atomic E-state index is 0.0457. The van der Waals surface area contributed by atoms with Crippen molar-refractivity contribution in [3.05, 3.63) is 23.8 Å². The van der Waals surface area contributed by atoms with Gasteiger partial charge in [-0.05, 0) is 38.5 Å². The number of phenolic OH excluding ortho intramolecular Hbond substituents is 1. The number of amides is 2. The fraction of sp³-hybridized carbons (Fsp3) is 0.385. The molecule has 2 N–H and O–H groups in total. The molecule has 0 aliphatic heterocycles. The Morgan fingerprint density at radius 1 is 1.28 bits per heavy atom. The van der Waals surface area contributed by atoms with Gasteiger partial charge in [-0.15, -0.1) is 0 Å². The van der Waals surface area contributed by atoms with Gasteiger partial charge in [0.05, 0.1) is 5.69 Å². The number of hydrogen-bond acceptors (Lipinski definition) is 3. The van der Waals surface area contributed by atoms with Crippen LogP contribution in [0.2, 0.25) is 0 Å². The van der Waals surface area contributed by atoms with Gasteiger partial charge in [0, 0.05) is 13.1 Å². The van der Waals surface area contributed by atoms with Crippen molar-refractivity contribution < 1.29 is 14.7 Å². The summed E-state index contributed by atoms with van der Waals surface area (Å²) in [6.45, 7) is 6.38. The number of nitrogens with zero attached hydrogens (tertiary/aromatic N) is 1. The highest BCUT2D eigenvalue weighted by Crippen LogP contribution is 2.23. The van der Waals surface area contributed by atoms with Crippen LogP contribution in [0.1, 0.15) is 19.4 Å². The fourth-order valence-corrected chi connectivity index (χ4v) is 1.58. The average Bonchev–Trinajstić information content (AvgIpc) is 2.34. The molecule has 98 valence electrons. The molecule has 0 spiro atoms. The Hall–Kier alpha value is -2.04. The summed E-state index contributed by atoms with van der Waals surface area (Å²) < 4.78 is 0. The number of nitrogens with one attached hydrogen (secondary N) is 1. The van der Waals surface area contributed by atoms with Crippen LogP contribution in [-0.4, -0.2) is 34.9 Å². The van der Waals surface area contributed by atoms with E-state index in [-0.39, 0.29) is 11.4 Å². The average molecular weight is 250 g/mol. The highest BCUT2D eigenvalue weighted by atomic mass is 16.3. The Bertz CT molecular complexity index is 454. The number of rotatable bonds is 3. The van der Waals surface area contributed by atoms with Crippen LogP contribution in [0, 0.1) is 6.92 Å². The number of anilines is 1. The first-order valence-electron chi connectivity index (χ1n) is 5.89. The first-order valence-corrected chi connectivity index (χ1v) is 5.89. The molecule has 0 aromatic heterocycles. The molecule has 0 saturated carbocycles. The zero-order valence-electron chi connectivity index (χ0n) is 10.9. The van der Waals surface area contributed by atoms with Gasteiger partial charge in [-0.2, -0.15) is 0 Å². The Balaban J connectivity index is 2.78. The van der Waals surface area contributed by atoms with E-state index in [9.17, 15) is 14.7 Å². The maximum absolute atomic E-state index is 11.7. The maximum Gasteiger partial charge on any atom is 0.314 e. The number of carbonyl (C=O) groups is 2. The molecule has 0 radical (unpaired) electrons. The van der Waals surface area contributed by atoms with Gasteiger partial charge in [-0.25, -0.2) is 0 Å². The Morgan fingerprint density at radius 2 is 1.89 bits per heavy atom. The van der Waals surface area contributed by atoms with Crippen molar-refractivity contribution in [2.75, 3.05) is 18.4 Å². The Kier molecular flexibility index (Phi) is 4.71. The quantitative estimate of drug-likeness (QED) is 0.631. The molecule has 0 bridgehead atoms. The molecule has 1 rings (SSSR count). The summed E-state index contributed by atoms with van der Waals surface area (Å²) in [4.78, 5) is 24.8. The van der Waals surface area contributed by atoms with E-state index in [0.717, 1.165) is 5.56 Å². The smallest absolute Gasteiger partial charge is 0.314 e. The van der Waals surface area contributed by atoms with Gasteiger partial charge in [-0.3, -0.25) is 9.59 Å². The lowest BCUT2D eigenvalue weighted by atomic mass is 10.2. The summed E-state index contributed by atoms with van der Waals surface area (Å²) in [6, 6.07) is 4.84. The number of benzene rings is 1. The first-order chi connectivity index (χ1) is 8.49. The number of hydrogen-bond donors (Lipinski definition) is 2. The Morgan fingerprint density at radius 3 is 2.39 bits per heavy atom. The second kappa shape index (κ2) is 6.05. The molecule has 0 saturated heterocycles. The number of likely N-dealkylation sites (N-methyl/N-ethyl adjacent to an activating group) is 1. The van der Waals surface area contributed by atoms with Gasteiger partial charge in [0.1, 0.15) is 5.75 Å². The van der Waals surface area contributed by atoms with Crippen molar-refractivity contribution in [3.8, 4) is 5.75 Å². The van der Waals surface area contributed by atoms with Crippen molar-refractivity contribution >= 4 is 17.5 Å². The maximum atomic E-state index is 11.7. The molecule has 0 aliphatic carbocycles. The molecular weight excluding hydrogens is 232 g/mol. The molecule has 0 atom stereocenters. The van der Waals surface area contributed by atoms with Crippen LogP contribution < -0.4 is 5.32 Å². The standard InChI is InChI=1S/C13H18N2O3/c1-4-15(5-2)13(18)12(17)14-10-7-6-9(3)8-11(10)16/h6-8,16H,4-5H2,1-3H3,(H,14,17). The highest BCUT2D eigenvalue weighted by Gasteiger charge is 2.20. The summed E-state index contributed by atoms with van der Waals surface area (Å²) in [5.41, 5.74) is 1.12. The number of phenols is 1. The zero-order chi connectivity index (χ0) is 13.7. The van der Waals surface area contributed by atoms with Crippen LogP contribution >= 0.6 is 0 Å². The molecule has 1 aromatic rings.